The maximum absolute atomic E-state index is 11.3. The van der Waals surface area contributed by atoms with E-state index in [1.54, 1.807) is 6.08 Å². The van der Waals surface area contributed by atoms with E-state index < -0.39 is 0 Å². The zero-order chi connectivity index (χ0) is 12.0. The molecule has 3 heteroatoms. The highest BCUT2D eigenvalue weighted by molar-refractivity contribution is 5.77. The van der Waals surface area contributed by atoms with Gasteiger partial charge in [0.1, 0.15) is 5.75 Å². The third kappa shape index (κ3) is 3.42. The molecule has 0 saturated heterocycles. The van der Waals surface area contributed by atoms with Crippen molar-refractivity contribution in [2.45, 2.75) is 13.8 Å². The van der Waals surface area contributed by atoms with Gasteiger partial charge in [-0.25, -0.2) is 0 Å². The van der Waals surface area contributed by atoms with Crippen LogP contribution in [0.15, 0.2) is 30.9 Å². The van der Waals surface area contributed by atoms with Crippen molar-refractivity contribution in [3.8, 4) is 5.75 Å². The van der Waals surface area contributed by atoms with Crippen LogP contribution >= 0.6 is 0 Å². The second-order valence-corrected chi connectivity index (χ2v) is 3.58. The van der Waals surface area contributed by atoms with Crippen LogP contribution in [0.5, 0.6) is 5.75 Å². The van der Waals surface area contributed by atoms with Gasteiger partial charge in [-0.1, -0.05) is 18.2 Å². The van der Waals surface area contributed by atoms with Crippen LogP contribution in [0.25, 0.3) is 0 Å². The summed E-state index contributed by atoms with van der Waals surface area (Å²) in [4.78, 5) is 11.3. The molecule has 1 rings (SSSR count). The molecule has 0 spiro atoms. The largest absolute Gasteiger partial charge is 0.483 e. The molecule has 0 aliphatic carbocycles. The summed E-state index contributed by atoms with van der Waals surface area (Å²) in [6.07, 6.45) is 1.63. The van der Waals surface area contributed by atoms with Crippen LogP contribution in [0.2, 0.25) is 0 Å². The monoisotopic (exact) mass is 219 g/mol. The predicted octanol–water partition coefficient (Wildman–Crippen LogP) is 1.98. The molecule has 1 N–H and O–H groups in total. The lowest BCUT2D eigenvalue weighted by atomic mass is 10.1. The third-order valence-electron chi connectivity index (χ3n) is 2.36. The first-order valence-electron chi connectivity index (χ1n) is 5.21. The number of amides is 1. The molecule has 0 unspecified atom stereocenters. The molecular weight excluding hydrogens is 202 g/mol. The molecule has 16 heavy (non-hydrogen) atoms. The van der Waals surface area contributed by atoms with E-state index in [2.05, 4.69) is 11.9 Å². The molecule has 0 atom stereocenters. The van der Waals surface area contributed by atoms with Crippen molar-refractivity contribution in [3.05, 3.63) is 42.0 Å². The SMILES string of the molecule is C=CCNC(=O)COc1cccc(C)c1C. The third-order valence-corrected chi connectivity index (χ3v) is 2.36. The summed E-state index contributed by atoms with van der Waals surface area (Å²) in [6.45, 7) is 8.02. The van der Waals surface area contributed by atoms with Gasteiger partial charge in [-0.05, 0) is 31.0 Å². The minimum absolute atomic E-state index is 0.0398. The maximum Gasteiger partial charge on any atom is 0.258 e. The number of hydrogen-bond donors (Lipinski definition) is 1. The Morgan fingerprint density at radius 1 is 1.50 bits per heavy atom. The van der Waals surface area contributed by atoms with Crippen LogP contribution in [0.4, 0.5) is 0 Å². The molecule has 0 aliphatic rings. The summed E-state index contributed by atoms with van der Waals surface area (Å²) < 4.78 is 5.43. The fraction of sp³-hybridized carbons (Fsp3) is 0.308. The van der Waals surface area contributed by atoms with Crippen LogP contribution in [0.3, 0.4) is 0 Å². The highest BCUT2D eigenvalue weighted by Gasteiger charge is 2.04. The van der Waals surface area contributed by atoms with E-state index in [0.717, 1.165) is 16.9 Å². The average Bonchev–Trinajstić information content (AvgIpc) is 2.28. The van der Waals surface area contributed by atoms with Crippen LogP contribution in [-0.2, 0) is 4.79 Å². The van der Waals surface area contributed by atoms with Crippen molar-refractivity contribution in [1.29, 1.82) is 0 Å². The van der Waals surface area contributed by atoms with Crippen molar-refractivity contribution in [3.63, 3.8) is 0 Å². The normalized spacial score (nSPS) is 9.62. The lowest BCUT2D eigenvalue weighted by molar-refractivity contribution is -0.122. The van der Waals surface area contributed by atoms with Crippen molar-refractivity contribution in [2.24, 2.45) is 0 Å². The summed E-state index contributed by atoms with van der Waals surface area (Å²) >= 11 is 0. The van der Waals surface area contributed by atoms with Crippen molar-refractivity contribution < 1.29 is 9.53 Å². The number of carbonyl (C=O) groups excluding carboxylic acids is 1. The molecule has 1 aromatic carbocycles. The highest BCUT2D eigenvalue weighted by Crippen LogP contribution is 2.20. The molecule has 1 amide bonds. The Morgan fingerprint density at radius 2 is 2.25 bits per heavy atom. The molecule has 0 bridgehead atoms. The summed E-state index contributed by atoms with van der Waals surface area (Å²) in [5.41, 5.74) is 2.23. The number of ether oxygens (including phenoxy) is 1. The highest BCUT2D eigenvalue weighted by atomic mass is 16.5. The van der Waals surface area contributed by atoms with Gasteiger partial charge in [0.2, 0.25) is 0 Å². The standard InChI is InChI=1S/C13H17NO2/c1-4-8-14-13(15)9-16-12-7-5-6-10(2)11(12)3/h4-7H,1,8-9H2,2-3H3,(H,14,15). The Morgan fingerprint density at radius 3 is 2.94 bits per heavy atom. The number of benzene rings is 1. The summed E-state index contributed by atoms with van der Waals surface area (Å²) in [6, 6.07) is 5.79. The van der Waals surface area contributed by atoms with Gasteiger partial charge in [0.25, 0.3) is 5.91 Å². The number of rotatable bonds is 5. The van der Waals surface area contributed by atoms with E-state index >= 15 is 0 Å². The topological polar surface area (TPSA) is 38.3 Å². The fourth-order valence-electron chi connectivity index (χ4n) is 1.26. The quantitative estimate of drug-likeness (QED) is 0.769. The van der Waals surface area contributed by atoms with E-state index in [1.165, 1.54) is 0 Å². The summed E-state index contributed by atoms with van der Waals surface area (Å²) in [5.74, 6) is 0.620. The first-order chi connectivity index (χ1) is 7.65. The van der Waals surface area contributed by atoms with Crippen molar-refractivity contribution in [1.82, 2.24) is 5.32 Å². The minimum Gasteiger partial charge on any atom is -0.483 e. The van der Waals surface area contributed by atoms with Gasteiger partial charge < -0.3 is 10.1 Å². The number of carbonyl (C=O) groups is 1. The molecule has 0 aliphatic heterocycles. The Kier molecular flexibility index (Phi) is 4.58. The zero-order valence-electron chi connectivity index (χ0n) is 9.75. The van der Waals surface area contributed by atoms with Gasteiger partial charge in [-0.2, -0.15) is 0 Å². The second-order valence-electron chi connectivity index (χ2n) is 3.58. The molecule has 1 aromatic rings. The Bertz CT molecular complexity index is 386. The zero-order valence-corrected chi connectivity index (χ0v) is 9.75. The van der Waals surface area contributed by atoms with E-state index in [-0.39, 0.29) is 12.5 Å². The molecule has 0 aromatic heterocycles. The molecular formula is C13H17NO2. The van der Waals surface area contributed by atoms with Gasteiger partial charge in [-0.3, -0.25) is 4.79 Å². The molecule has 3 nitrogen and oxygen atoms in total. The molecule has 0 radical (unpaired) electrons. The average molecular weight is 219 g/mol. The molecule has 0 heterocycles. The van der Waals surface area contributed by atoms with E-state index in [9.17, 15) is 4.79 Å². The smallest absolute Gasteiger partial charge is 0.258 e. The summed E-state index contributed by atoms with van der Waals surface area (Å²) in [7, 11) is 0. The van der Waals surface area contributed by atoms with Gasteiger partial charge in [-0.15, -0.1) is 6.58 Å². The van der Waals surface area contributed by atoms with Gasteiger partial charge >= 0.3 is 0 Å². The van der Waals surface area contributed by atoms with Crippen molar-refractivity contribution in [2.75, 3.05) is 13.2 Å². The lowest BCUT2D eigenvalue weighted by Gasteiger charge is -2.10. The van der Waals surface area contributed by atoms with Gasteiger partial charge in [0, 0.05) is 6.54 Å². The molecule has 0 saturated carbocycles. The predicted molar refractivity (Wildman–Crippen MR) is 64.6 cm³/mol. The summed E-state index contributed by atoms with van der Waals surface area (Å²) in [5, 5.41) is 2.65. The Balaban J connectivity index is 2.51. The van der Waals surface area contributed by atoms with Crippen LogP contribution in [0, 0.1) is 13.8 Å². The molecule has 0 fully saturated rings. The van der Waals surface area contributed by atoms with E-state index in [1.807, 2.05) is 32.0 Å². The molecule has 86 valence electrons. The second kappa shape index (κ2) is 5.95. The fourth-order valence-corrected chi connectivity index (χ4v) is 1.26. The van der Waals surface area contributed by atoms with Crippen LogP contribution in [-0.4, -0.2) is 19.1 Å². The van der Waals surface area contributed by atoms with Gasteiger partial charge in [0.05, 0.1) is 0 Å². The first kappa shape index (κ1) is 12.3. The Labute approximate surface area is 96.1 Å². The first-order valence-corrected chi connectivity index (χ1v) is 5.21. The van der Waals surface area contributed by atoms with E-state index in [4.69, 9.17) is 4.74 Å². The van der Waals surface area contributed by atoms with Gasteiger partial charge in [0.15, 0.2) is 6.61 Å². The number of nitrogens with one attached hydrogen (secondary N) is 1. The number of aryl methyl sites for hydroxylation is 1. The van der Waals surface area contributed by atoms with E-state index in [0.29, 0.717) is 6.54 Å². The minimum atomic E-state index is -0.138. The van der Waals surface area contributed by atoms with Crippen molar-refractivity contribution >= 4 is 5.91 Å². The van der Waals surface area contributed by atoms with Crippen LogP contribution in [0.1, 0.15) is 11.1 Å². The number of hydrogen-bond acceptors (Lipinski definition) is 2. The Hall–Kier alpha value is -1.77. The van der Waals surface area contributed by atoms with Crippen LogP contribution < -0.4 is 10.1 Å². The maximum atomic E-state index is 11.3. The lowest BCUT2D eigenvalue weighted by Crippen LogP contribution is -2.28.